The van der Waals surface area contributed by atoms with Gasteiger partial charge in [0.25, 0.3) is 0 Å². The lowest BCUT2D eigenvalue weighted by atomic mass is 10.2. The number of ether oxygens (including phenoxy) is 1. The molecule has 116 valence electrons. The molecule has 0 aliphatic carbocycles. The van der Waals surface area contributed by atoms with E-state index in [1.54, 1.807) is 7.11 Å². The van der Waals surface area contributed by atoms with E-state index in [4.69, 9.17) is 4.74 Å². The largest absolute Gasteiger partial charge is 0.497 e. The van der Waals surface area contributed by atoms with E-state index in [0.29, 0.717) is 0 Å². The molecule has 2 aromatic heterocycles. The van der Waals surface area contributed by atoms with Crippen LogP contribution in [0.4, 0.5) is 5.69 Å². The maximum atomic E-state index is 5.24. The molecule has 2 heterocycles. The number of aromatic nitrogens is 2. The smallest absolute Gasteiger partial charge is 0.119 e. The van der Waals surface area contributed by atoms with Crippen LogP contribution in [0, 0.1) is 0 Å². The Morgan fingerprint density at radius 3 is 1.78 bits per heavy atom. The molecule has 0 fully saturated rings. The van der Waals surface area contributed by atoms with E-state index in [1.165, 1.54) is 0 Å². The normalized spacial score (nSPS) is 10.3. The zero-order chi connectivity index (χ0) is 15.9. The average molecular weight is 305 g/mol. The number of pyridine rings is 2. The third-order valence-corrected chi connectivity index (χ3v) is 3.60. The van der Waals surface area contributed by atoms with E-state index < -0.39 is 0 Å². The Labute approximate surface area is 136 Å². The van der Waals surface area contributed by atoms with Gasteiger partial charge in [0.15, 0.2) is 0 Å². The van der Waals surface area contributed by atoms with Crippen LogP contribution in [0.5, 0.6) is 5.75 Å². The van der Waals surface area contributed by atoms with Crippen molar-refractivity contribution in [3.8, 4) is 5.75 Å². The van der Waals surface area contributed by atoms with Crippen LogP contribution >= 0.6 is 0 Å². The van der Waals surface area contributed by atoms with Crippen LogP contribution in [-0.2, 0) is 13.1 Å². The Kier molecular flexibility index (Phi) is 4.84. The number of methoxy groups -OCH3 is 1. The Bertz CT molecular complexity index is 673. The quantitative estimate of drug-likeness (QED) is 0.696. The fourth-order valence-corrected chi connectivity index (χ4v) is 2.41. The second-order valence-corrected chi connectivity index (χ2v) is 5.20. The first-order chi connectivity index (χ1) is 11.3. The summed E-state index contributed by atoms with van der Waals surface area (Å²) < 4.78 is 5.24. The second kappa shape index (κ2) is 7.40. The summed E-state index contributed by atoms with van der Waals surface area (Å²) in [5.41, 5.74) is 3.17. The Hall–Kier alpha value is -2.88. The lowest BCUT2D eigenvalue weighted by Crippen LogP contribution is -2.23. The molecule has 3 rings (SSSR count). The molecule has 0 bridgehead atoms. The van der Waals surface area contributed by atoms with Crippen LogP contribution in [-0.4, -0.2) is 17.1 Å². The molecule has 0 saturated heterocycles. The molecular formula is C19H19N3O. The molecular weight excluding hydrogens is 286 g/mol. The van der Waals surface area contributed by atoms with Crippen LogP contribution < -0.4 is 9.64 Å². The van der Waals surface area contributed by atoms with Gasteiger partial charge in [0.05, 0.1) is 31.6 Å². The molecule has 0 spiro atoms. The van der Waals surface area contributed by atoms with E-state index in [0.717, 1.165) is 35.9 Å². The van der Waals surface area contributed by atoms with Crippen molar-refractivity contribution in [2.75, 3.05) is 12.0 Å². The molecule has 0 N–H and O–H groups in total. The number of nitrogens with zero attached hydrogens (tertiary/aromatic N) is 3. The number of rotatable bonds is 6. The fraction of sp³-hybridized carbons (Fsp3) is 0.158. The highest BCUT2D eigenvalue weighted by Crippen LogP contribution is 2.22. The maximum Gasteiger partial charge on any atom is 0.119 e. The van der Waals surface area contributed by atoms with Crippen molar-refractivity contribution in [3.05, 3.63) is 84.4 Å². The number of hydrogen-bond acceptors (Lipinski definition) is 4. The minimum Gasteiger partial charge on any atom is -0.497 e. The van der Waals surface area contributed by atoms with E-state index in [9.17, 15) is 0 Å². The van der Waals surface area contributed by atoms with E-state index in [2.05, 4.69) is 27.0 Å². The van der Waals surface area contributed by atoms with Crippen molar-refractivity contribution in [2.24, 2.45) is 0 Å². The summed E-state index contributed by atoms with van der Waals surface area (Å²) in [6.45, 7) is 1.45. The second-order valence-electron chi connectivity index (χ2n) is 5.20. The van der Waals surface area contributed by atoms with Crippen LogP contribution in [0.1, 0.15) is 11.4 Å². The zero-order valence-corrected chi connectivity index (χ0v) is 13.1. The summed E-state index contributed by atoms with van der Waals surface area (Å²) in [5, 5.41) is 0. The minimum absolute atomic E-state index is 0.726. The SMILES string of the molecule is COc1ccc(N(Cc2ccccn2)Cc2ccccn2)cc1. The van der Waals surface area contributed by atoms with Crippen molar-refractivity contribution in [1.29, 1.82) is 0 Å². The van der Waals surface area contributed by atoms with Gasteiger partial charge >= 0.3 is 0 Å². The van der Waals surface area contributed by atoms with Crippen LogP contribution in [0.15, 0.2) is 73.1 Å². The van der Waals surface area contributed by atoms with Gasteiger partial charge in [0, 0.05) is 18.1 Å². The van der Waals surface area contributed by atoms with Gasteiger partial charge in [-0.2, -0.15) is 0 Å². The van der Waals surface area contributed by atoms with Gasteiger partial charge in [0.1, 0.15) is 5.75 Å². The highest BCUT2D eigenvalue weighted by atomic mass is 16.5. The van der Waals surface area contributed by atoms with Gasteiger partial charge in [-0.15, -0.1) is 0 Å². The van der Waals surface area contributed by atoms with Crippen molar-refractivity contribution in [1.82, 2.24) is 9.97 Å². The highest BCUT2D eigenvalue weighted by molar-refractivity contribution is 5.49. The van der Waals surface area contributed by atoms with Gasteiger partial charge in [-0.25, -0.2) is 0 Å². The lowest BCUT2D eigenvalue weighted by molar-refractivity contribution is 0.415. The number of hydrogen-bond donors (Lipinski definition) is 0. The first-order valence-electron chi connectivity index (χ1n) is 7.54. The predicted octanol–water partition coefficient (Wildman–Crippen LogP) is 3.69. The first-order valence-corrected chi connectivity index (χ1v) is 7.54. The van der Waals surface area contributed by atoms with Crippen LogP contribution in [0.2, 0.25) is 0 Å². The van der Waals surface area contributed by atoms with Gasteiger partial charge in [0.2, 0.25) is 0 Å². The summed E-state index contributed by atoms with van der Waals surface area (Å²) in [5.74, 6) is 0.851. The Balaban J connectivity index is 1.85. The van der Waals surface area contributed by atoms with E-state index in [-0.39, 0.29) is 0 Å². The van der Waals surface area contributed by atoms with Crippen molar-refractivity contribution < 1.29 is 4.74 Å². The van der Waals surface area contributed by atoms with Crippen LogP contribution in [0.3, 0.4) is 0 Å². The predicted molar refractivity (Wildman–Crippen MR) is 91.4 cm³/mol. The fourth-order valence-electron chi connectivity index (χ4n) is 2.41. The monoisotopic (exact) mass is 305 g/mol. The third kappa shape index (κ3) is 4.07. The summed E-state index contributed by atoms with van der Waals surface area (Å²) in [7, 11) is 1.68. The molecule has 1 aromatic carbocycles. The lowest BCUT2D eigenvalue weighted by Gasteiger charge is -2.24. The molecule has 0 saturated carbocycles. The number of anilines is 1. The molecule has 0 aliphatic heterocycles. The third-order valence-electron chi connectivity index (χ3n) is 3.60. The topological polar surface area (TPSA) is 38.2 Å². The van der Waals surface area contributed by atoms with Gasteiger partial charge in [-0.1, -0.05) is 12.1 Å². The first kappa shape index (κ1) is 15.0. The maximum absolute atomic E-state index is 5.24. The van der Waals surface area contributed by atoms with E-state index in [1.807, 2.05) is 60.9 Å². The highest BCUT2D eigenvalue weighted by Gasteiger charge is 2.10. The molecule has 4 nitrogen and oxygen atoms in total. The summed E-state index contributed by atoms with van der Waals surface area (Å²) in [4.78, 5) is 11.1. The average Bonchev–Trinajstić information content (AvgIpc) is 2.63. The molecule has 0 atom stereocenters. The van der Waals surface area contributed by atoms with Gasteiger partial charge in [-0.05, 0) is 48.5 Å². The van der Waals surface area contributed by atoms with Gasteiger partial charge in [-0.3, -0.25) is 9.97 Å². The minimum atomic E-state index is 0.726. The van der Waals surface area contributed by atoms with E-state index >= 15 is 0 Å². The Morgan fingerprint density at radius 1 is 0.783 bits per heavy atom. The zero-order valence-electron chi connectivity index (χ0n) is 13.1. The Morgan fingerprint density at radius 2 is 1.35 bits per heavy atom. The molecule has 0 unspecified atom stereocenters. The molecule has 0 aliphatic rings. The summed E-state index contributed by atoms with van der Waals surface area (Å²) in [6.07, 6.45) is 3.64. The molecule has 3 aromatic rings. The van der Waals surface area contributed by atoms with Crippen molar-refractivity contribution in [2.45, 2.75) is 13.1 Å². The van der Waals surface area contributed by atoms with Crippen LogP contribution in [0.25, 0.3) is 0 Å². The molecule has 23 heavy (non-hydrogen) atoms. The summed E-state index contributed by atoms with van der Waals surface area (Å²) >= 11 is 0. The molecule has 0 radical (unpaired) electrons. The van der Waals surface area contributed by atoms with Crippen molar-refractivity contribution >= 4 is 5.69 Å². The van der Waals surface area contributed by atoms with Crippen molar-refractivity contribution in [3.63, 3.8) is 0 Å². The molecule has 0 amide bonds. The van der Waals surface area contributed by atoms with Gasteiger partial charge < -0.3 is 9.64 Å². The molecule has 4 heteroatoms. The summed E-state index contributed by atoms with van der Waals surface area (Å²) in [6, 6.07) is 20.0. The standard InChI is InChI=1S/C19H19N3O/c1-23-19-10-8-18(9-11-19)22(14-16-6-2-4-12-20-16)15-17-7-3-5-13-21-17/h2-13H,14-15H2,1H3. The number of benzene rings is 1.